The third kappa shape index (κ3) is 5.39. The molecule has 0 amide bonds. The van der Waals surface area contributed by atoms with Crippen LogP contribution in [0.25, 0.3) is 10.8 Å². The maximum absolute atomic E-state index is 12.5. The zero-order valence-corrected chi connectivity index (χ0v) is 15.7. The highest BCUT2D eigenvalue weighted by Crippen LogP contribution is 2.21. The van der Waals surface area contributed by atoms with Crippen molar-refractivity contribution in [2.75, 3.05) is 18.9 Å². The van der Waals surface area contributed by atoms with Crippen molar-refractivity contribution in [3.63, 3.8) is 0 Å². The Morgan fingerprint density at radius 2 is 1.92 bits per heavy atom. The molecule has 2 aromatic carbocycles. The van der Waals surface area contributed by atoms with Gasteiger partial charge in [-0.05, 0) is 41.7 Å². The second kappa shape index (κ2) is 8.96. The highest BCUT2D eigenvalue weighted by atomic mass is 35.5. The van der Waals surface area contributed by atoms with Crippen LogP contribution in [0.1, 0.15) is 30.9 Å². The zero-order chi connectivity index (χ0) is 17.0. The van der Waals surface area contributed by atoms with Crippen LogP contribution in [-0.4, -0.2) is 33.4 Å². The predicted octanol–water partition coefficient (Wildman–Crippen LogP) is 2.75. The molecule has 7 heteroatoms. The highest BCUT2D eigenvalue weighted by molar-refractivity contribution is 7.89. The van der Waals surface area contributed by atoms with Crippen molar-refractivity contribution in [1.29, 1.82) is 0 Å². The summed E-state index contributed by atoms with van der Waals surface area (Å²) in [4.78, 5) is 0. The van der Waals surface area contributed by atoms with Crippen molar-refractivity contribution in [3.8, 4) is 0 Å². The van der Waals surface area contributed by atoms with Gasteiger partial charge in [0.1, 0.15) is 0 Å². The third-order valence-electron chi connectivity index (χ3n) is 4.41. The molecule has 0 aromatic heterocycles. The minimum Gasteiger partial charge on any atom is -0.377 e. The van der Waals surface area contributed by atoms with E-state index in [0.717, 1.165) is 35.6 Å². The van der Waals surface area contributed by atoms with Crippen molar-refractivity contribution < 1.29 is 13.2 Å². The average Bonchev–Trinajstić information content (AvgIpc) is 2.60. The smallest absolute Gasteiger partial charge is 0.214 e. The van der Waals surface area contributed by atoms with Gasteiger partial charge >= 0.3 is 0 Å². The van der Waals surface area contributed by atoms with Crippen LogP contribution in [0.4, 0.5) is 0 Å². The Kier molecular flexibility index (Phi) is 7.22. The van der Waals surface area contributed by atoms with E-state index < -0.39 is 16.1 Å². The number of nitrogens with one attached hydrogen (secondary N) is 1. The van der Waals surface area contributed by atoms with Crippen LogP contribution in [0, 0.1) is 0 Å². The van der Waals surface area contributed by atoms with Crippen molar-refractivity contribution in [3.05, 3.63) is 48.0 Å². The topological polar surface area (TPSA) is 81.4 Å². The number of sulfonamides is 1. The molecule has 1 aliphatic rings. The molecule has 0 spiro atoms. The lowest BCUT2D eigenvalue weighted by Gasteiger charge is -2.24. The van der Waals surface area contributed by atoms with Crippen molar-refractivity contribution >= 4 is 33.2 Å². The molecule has 1 fully saturated rings. The molecule has 0 saturated carbocycles. The van der Waals surface area contributed by atoms with E-state index in [4.69, 9.17) is 10.5 Å². The summed E-state index contributed by atoms with van der Waals surface area (Å²) in [5.41, 5.74) is 6.71. The summed E-state index contributed by atoms with van der Waals surface area (Å²) in [7, 11) is -3.45. The summed E-state index contributed by atoms with van der Waals surface area (Å²) in [5.74, 6) is -0.00290. The fourth-order valence-corrected chi connectivity index (χ4v) is 4.64. The Morgan fingerprint density at radius 1 is 1.16 bits per heavy atom. The second-order valence-electron chi connectivity index (χ2n) is 6.28. The quantitative estimate of drug-likeness (QED) is 0.802. The average molecular weight is 385 g/mol. The Morgan fingerprint density at radius 3 is 2.60 bits per heavy atom. The molecule has 0 bridgehead atoms. The van der Waals surface area contributed by atoms with E-state index in [2.05, 4.69) is 4.72 Å². The number of hydrogen-bond donors (Lipinski definition) is 2. The Labute approximate surface area is 155 Å². The second-order valence-corrected chi connectivity index (χ2v) is 8.08. The summed E-state index contributed by atoms with van der Waals surface area (Å²) >= 11 is 0. The Balaban J connectivity index is 0.00000225. The monoisotopic (exact) mass is 384 g/mol. The van der Waals surface area contributed by atoms with Gasteiger partial charge in [0.2, 0.25) is 10.0 Å². The van der Waals surface area contributed by atoms with E-state index in [9.17, 15) is 8.42 Å². The summed E-state index contributed by atoms with van der Waals surface area (Å²) in [5, 5.41) is 2.19. The van der Waals surface area contributed by atoms with E-state index in [1.54, 1.807) is 0 Å². The number of hydrogen-bond acceptors (Lipinski definition) is 4. The predicted molar refractivity (Wildman–Crippen MR) is 104 cm³/mol. The summed E-state index contributed by atoms with van der Waals surface area (Å²) in [6, 6.07) is 13.5. The first kappa shape index (κ1) is 20.1. The molecule has 3 rings (SSSR count). The summed E-state index contributed by atoms with van der Waals surface area (Å²) < 4.78 is 33.2. The van der Waals surface area contributed by atoms with Gasteiger partial charge in [0, 0.05) is 13.2 Å². The number of nitrogens with two attached hydrogens (primary N) is 1. The standard InChI is InChI=1S/C18H24N2O3S.ClH/c19-12-18(16-9-8-14-5-1-2-6-15(14)11-16)20-24(21,22)13-17-7-3-4-10-23-17;/h1-2,5-6,8-9,11,17-18,20H,3-4,7,10,12-13,19H2;1H. The van der Waals surface area contributed by atoms with Gasteiger partial charge in [0.05, 0.1) is 17.9 Å². The van der Waals surface area contributed by atoms with Crippen LogP contribution in [0.3, 0.4) is 0 Å². The summed E-state index contributed by atoms with van der Waals surface area (Å²) in [6.07, 6.45) is 2.60. The van der Waals surface area contributed by atoms with Gasteiger partial charge in [-0.3, -0.25) is 0 Å². The van der Waals surface area contributed by atoms with Crippen LogP contribution >= 0.6 is 12.4 Å². The van der Waals surface area contributed by atoms with Crippen LogP contribution in [-0.2, 0) is 14.8 Å². The molecule has 3 N–H and O–H groups in total. The molecule has 2 unspecified atom stereocenters. The number of ether oxygens (including phenoxy) is 1. The zero-order valence-electron chi connectivity index (χ0n) is 14.1. The molecule has 2 aromatic rings. The molecule has 0 radical (unpaired) electrons. The van der Waals surface area contributed by atoms with Gasteiger partial charge in [0.25, 0.3) is 0 Å². The van der Waals surface area contributed by atoms with Gasteiger partial charge in [-0.1, -0.05) is 36.4 Å². The van der Waals surface area contributed by atoms with E-state index in [-0.39, 0.29) is 30.8 Å². The van der Waals surface area contributed by atoms with E-state index >= 15 is 0 Å². The van der Waals surface area contributed by atoms with E-state index in [1.165, 1.54) is 0 Å². The van der Waals surface area contributed by atoms with Crippen LogP contribution in [0.2, 0.25) is 0 Å². The minimum atomic E-state index is -3.45. The molecular formula is C18H25ClN2O3S. The SMILES string of the molecule is Cl.NCC(NS(=O)(=O)CC1CCCCO1)c1ccc2ccccc2c1. The van der Waals surface area contributed by atoms with Crippen LogP contribution in [0.5, 0.6) is 0 Å². The van der Waals surface area contributed by atoms with Crippen molar-refractivity contribution in [1.82, 2.24) is 4.72 Å². The van der Waals surface area contributed by atoms with Gasteiger partial charge in [-0.15, -0.1) is 12.4 Å². The van der Waals surface area contributed by atoms with E-state index in [1.807, 2.05) is 42.5 Å². The van der Waals surface area contributed by atoms with Crippen LogP contribution in [0.15, 0.2) is 42.5 Å². The molecular weight excluding hydrogens is 360 g/mol. The maximum atomic E-state index is 12.5. The lowest BCUT2D eigenvalue weighted by atomic mass is 10.0. The highest BCUT2D eigenvalue weighted by Gasteiger charge is 2.25. The largest absolute Gasteiger partial charge is 0.377 e. The van der Waals surface area contributed by atoms with Crippen molar-refractivity contribution in [2.45, 2.75) is 31.4 Å². The van der Waals surface area contributed by atoms with Crippen LogP contribution < -0.4 is 10.5 Å². The Bertz CT molecular complexity index is 792. The number of benzene rings is 2. The van der Waals surface area contributed by atoms with Crippen molar-refractivity contribution in [2.24, 2.45) is 5.73 Å². The van der Waals surface area contributed by atoms with Gasteiger partial charge in [-0.2, -0.15) is 0 Å². The molecule has 1 saturated heterocycles. The molecule has 0 aliphatic carbocycles. The van der Waals surface area contributed by atoms with Gasteiger partial charge < -0.3 is 10.5 Å². The fourth-order valence-electron chi connectivity index (χ4n) is 3.13. The first-order valence-corrected chi connectivity index (χ1v) is 10.0. The maximum Gasteiger partial charge on any atom is 0.214 e. The number of halogens is 1. The molecule has 2 atom stereocenters. The summed E-state index contributed by atoms with van der Waals surface area (Å²) in [6.45, 7) is 0.855. The lowest BCUT2D eigenvalue weighted by molar-refractivity contribution is 0.0303. The first-order valence-electron chi connectivity index (χ1n) is 8.38. The number of rotatable bonds is 6. The fraction of sp³-hybridized carbons (Fsp3) is 0.444. The number of fused-ring (bicyclic) bond motifs is 1. The van der Waals surface area contributed by atoms with E-state index in [0.29, 0.717) is 6.61 Å². The minimum absolute atomic E-state index is 0. The molecule has 1 aliphatic heterocycles. The molecule has 1 heterocycles. The first-order chi connectivity index (χ1) is 11.6. The third-order valence-corrected chi connectivity index (χ3v) is 5.87. The Hall–Kier alpha value is -1.18. The van der Waals surface area contributed by atoms with Gasteiger partial charge in [-0.25, -0.2) is 13.1 Å². The normalized spacial score (nSPS) is 19.3. The lowest BCUT2D eigenvalue weighted by Crippen LogP contribution is -2.39. The molecule has 25 heavy (non-hydrogen) atoms. The molecule has 138 valence electrons. The molecule has 5 nitrogen and oxygen atoms in total. The van der Waals surface area contributed by atoms with Gasteiger partial charge in [0.15, 0.2) is 0 Å².